The minimum atomic E-state index is 0.524. The van der Waals surface area contributed by atoms with Gasteiger partial charge in [-0.25, -0.2) is 9.97 Å². The lowest BCUT2D eigenvalue weighted by molar-refractivity contribution is 0.415. The summed E-state index contributed by atoms with van der Waals surface area (Å²) in [6.07, 6.45) is 1.81. The molecular formula is C22H18N4OS. The van der Waals surface area contributed by atoms with Crippen LogP contribution in [0.2, 0.25) is 0 Å². The normalized spacial score (nSPS) is 10.6. The molecule has 2 aromatic carbocycles. The monoisotopic (exact) mass is 386 g/mol. The Morgan fingerprint density at radius 1 is 1.14 bits per heavy atom. The molecule has 0 aliphatic carbocycles. The highest BCUT2D eigenvalue weighted by molar-refractivity contribution is 7.21. The molecule has 2 aromatic heterocycles. The second-order valence-corrected chi connectivity index (χ2v) is 7.29. The van der Waals surface area contributed by atoms with Crippen LogP contribution in [-0.2, 0) is 6.54 Å². The zero-order valence-electron chi connectivity index (χ0n) is 15.6. The zero-order valence-corrected chi connectivity index (χ0v) is 16.4. The van der Waals surface area contributed by atoms with E-state index in [0.717, 1.165) is 38.0 Å². The van der Waals surface area contributed by atoms with Gasteiger partial charge in [0.25, 0.3) is 0 Å². The molecule has 0 radical (unpaired) electrons. The van der Waals surface area contributed by atoms with Gasteiger partial charge in [-0.2, -0.15) is 5.26 Å². The van der Waals surface area contributed by atoms with E-state index in [9.17, 15) is 5.26 Å². The quantitative estimate of drug-likeness (QED) is 0.471. The van der Waals surface area contributed by atoms with Crippen molar-refractivity contribution in [1.82, 2.24) is 9.97 Å². The number of aromatic nitrogens is 2. The van der Waals surface area contributed by atoms with Gasteiger partial charge < -0.3 is 9.64 Å². The van der Waals surface area contributed by atoms with Crippen LogP contribution in [0.25, 0.3) is 10.3 Å². The number of anilines is 2. The molecule has 5 nitrogen and oxygen atoms in total. The number of nitrogens with zero attached hydrogens (tertiary/aromatic N) is 4. The van der Waals surface area contributed by atoms with Gasteiger partial charge in [-0.15, -0.1) is 0 Å². The maximum absolute atomic E-state index is 9.49. The number of benzene rings is 2. The molecule has 0 saturated carbocycles. The molecule has 0 spiro atoms. The van der Waals surface area contributed by atoms with Crippen molar-refractivity contribution in [2.75, 3.05) is 12.0 Å². The van der Waals surface area contributed by atoms with Gasteiger partial charge in [-0.1, -0.05) is 35.6 Å². The summed E-state index contributed by atoms with van der Waals surface area (Å²) in [4.78, 5) is 12.3. The lowest BCUT2D eigenvalue weighted by atomic mass is 10.1. The number of hydrogen-bond donors (Lipinski definition) is 0. The Morgan fingerprint density at radius 3 is 2.79 bits per heavy atom. The van der Waals surface area contributed by atoms with Crippen LogP contribution >= 0.6 is 11.3 Å². The second-order valence-electron chi connectivity index (χ2n) is 6.33. The second kappa shape index (κ2) is 7.67. The molecule has 0 amide bonds. The molecule has 2 heterocycles. The van der Waals surface area contributed by atoms with Gasteiger partial charge in [0.15, 0.2) is 5.13 Å². The summed E-state index contributed by atoms with van der Waals surface area (Å²) in [7, 11) is 1.65. The maximum atomic E-state index is 9.49. The number of ether oxygens (including phenoxy) is 1. The van der Waals surface area contributed by atoms with Crippen LogP contribution in [0.3, 0.4) is 0 Å². The Hall–Kier alpha value is -3.43. The molecule has 0 bridgehead atoms. The number of thiazole rings is 1. The number of hydrogen-bond acceptors (Lipinski definition) is 6. The molecule has 138 valence electrons. The molecule has 0 aliphatic rings. The predicted molar refractivity (Wildman–Crippen MR) is 112 cm³/mol. The summed E-state index contributed by atoms with van der Waals surface area (Å²) in [6, 6.07) is 19.7. The summed E-state index contributed by atoms with van der Waals surface area (Å²) in [5.74, 6) is 0.770. The van der Waals surface area contributed by atoms with Crippen LogP contribution in [0.1, 0.15) is 16.7 Å². The first-order chi connectivity index (χ1) is 13.7. The Labute approximate surface area is 167 Å². The van der Waals surface area contributed by atoms with E-state index in [1.54, 1.807) is 24.6 Å². The number of aryl methyl sites for hydroxylation is 1. The Morgan fingerprint density at radius 2 is 2.00 bits per heavy atom. The predicted octanol–water partition coefficient (Wildman–Crippen LogP) is 5.22. The highest BCUT2D eigenvalue weighted by Crippen LogP contribution is 2.36. The van der Waals surface area contributed by atoms with Crippen molar-refractivity contribution in [3.05, 3.63) is 77.5 Å². The van der Waals surface area contributed by atoms with Gasteiger partial charge in [0.2, 0.25) is 0 Å². The molecule has 6 heteroatoms. The van der Waals surface area contributed by atoms with E-state index in [1.165, 1.54) is 0 Å². The lowest BCUT2D eigenvalue weighted by Gasteiger charge is -2.23. The fourth-order valence-electron chi connectivity index (χ4n) is 3.04. The highest BCUT2D eigenvalue weighted by Gasteiger charge is 2.18. The van der Waals surface area contributed by atoms with Gasteiger partial charge in [0, 0.05) is 18.0 Å². The molecule has 28 heavy (non-hydrogen) atoms. The smallest absolute Gasteiger partial charge is 0.192 e. The van der Waals surface area contributed by atoms with E-state index in [2.05, 4.69) is 16.0 Å². The number of fused-ring (bicyclic) bond motifs is 1. The first-order valence-electron chi connectivity index (χ1n) is 8.81. The topological polar surface area (TPSA) is 62.0 Å². The standard InChI is InChI=1S/C22H18N4OS/c1-15-10-11-24-21-20(15)25-22(28-21)26(18-8-5-9-19(12-18)27-2)14-17-7-4-3-6-16(17)13-23/h3-12H,14H2,1-2H3. The lowest BCUT2D eigenvalue weighted by Crippen LogP contribution is -2.17. The number of methoxy groups -OCH3 is 1. The Kier molecular flexibility index (Phi) is 4.92. The largest absolute Gasteiger partial charge is 0.497 e. The first kappa shape index (κ1) is 18.0. The van der Waals surface area contributed by atoms with E-state index >= 15 is 0 Å². The molecule has 0 aliphatic heterocycles. The third-order valence-electron chi connectivity index (χ3n) is 4.55. The van der Waals surface area contributed by atoms with E-state index in [1.807, 2.05) is 61.5 Å². The fourth-order valence-corrected chi connectivity index (χ4v) is 4.05. The van der Waals surface area contributed by atoms with Crippen LogP contribution in [-0.4, -0.2) is 17.1 Å². The summed E-state index contributed by atoms with van der Waals surface area (Å²) < 4.78 is 5.41. The van der Waals surface area contributed by atoms with Crippen molar-refractivity contribution in [2.24, 2.45) is 0 Å². The van der Waals surface area contributed by atoms with Crippen molar-refractivity contribution in [3.8, 4) is 11.8 Å². The number of nitriles is 1. The number of pyridine rings is 1. The average molecular weight is 386 g/mol. The molecule has 0 atom stereocenters. The molecule has 0 N–H and O–H groups in total. The van der Waals surface area contributed by atoms with Crippen molar-refractivity contribution in [1.29, 1.82) is 5.26 Å². The summed E-state index contributed by atoms with van der Waals surface area (Å²) in [5.41, 5.74) is 4.55. The molecular weight excluding hydrogens is 368 g/mol. The maximum Gasteiger partial charge on any atom is 0.192 e. The van der Waals surface area contributed by atoms with E-state index in [0.29, 0.717) is 12.1 Å². The van der Waals surface area contributed by atoms with Crippen molar-refractivity contribution in [2.45, 2.75) is 13.5 Å². The van der Waals surface area contributed by atoms with Crippen molar-refractivity contribution >= 4 is 32.5 Å². The van der Waals surface area contributed by atoms with Gasteiger partial charge in [0.05, 0.1) is 25.3 Å². The number of rotatable bonds is 5. The highest BCUT2D eigenvalue weighted by atomic mass is 32.1. The third kappa shape index (κ3) is 3.40. The third-order valence-corrected chi connectivity index (χ3v) is 5.54. The van der Waals surface area contributed by atoms with Crippen molar-refractivity contribution < 1.29 is 4.74 Å². The fraction of sp³-hybridized carbons (Fsp3) is 0.136. The molecule has 4 rings (SSSR count). The molecule has 0 fully saturated rings. The van der Waals surface area contributed by atoms with Gasteiger partial charge in [-0.05, 0) is 42.3 Å². The average Bonchev–Trinajstić information content (AvgIpc) is 3.17. The minimum absolute atomic E-state index is 0.524. The molecule has 0 saturated heterocycles. The summed E-state index contributed by atoms with van der Waals surface area (Å²) >= 11 is 1.54. The molecule has 4 aromatic rings. The van der Waals surface area contributed by atoms with Crippen LogP contribution in [0.4, 0.5) is 10.8 Å². The van der Waals surface area contributed by atoms with Crippen LogP contribution in [0, 0.1) is 18.3 Å². The SMILES string of the molecule is COc1cccc(N(Cc2ccccc2C#N)c2nc3c(C)ccnc3s2)c1. The van der Waals surface area contributed by atoms with Gasteiger partial charge in [0.1, 0.15) is 16.1 Å². The Balaban J connectivity index is 1.85. The van der Waals surface area contributed by atoms with E-state index < -0.39 is 0 Å². The summed E-state index contributed by atoms with van der Waals surface area (Å²) in [5, 5.41) is 10.3. The minimum Gasteiger partial charge on any atom is -0.497 e. The van der Waals surface area contributed by atoms with Gasteiger partial charge in [-0.3, -0.25) is 0 Å². The summed E-state index contributed by atoms with van der Waals surface area (Å²) in [6.45, 7) is 2.56. The van der Waals surface area contributed by atoms with E-state index in [-0.39, 0.29) is 0 Å². The van der Waals surface area contributed by atoms with Crippen LogP contribution < -0.4 is 9.64 Å². The van der Waals surface area contributed by atoms with Crippen LogP contribution in [0.5, 0.6) is 5.75 Å². The Bertz CT molecular complexity index is 1180. The first-order valence-corrected chi connectivity index (χ1v) is 9.63. The molecule has 0 unspecified atom stereocenters. The van der Waals surface area contributed by atoms with Gasteiger partial charge >= 0.3 is 0 Å². The van der Waals surface area contributed by atoms with Crippen molar-refractivity contribution in [3.63, 3.8) is 0 Å². The zero-order chi connectivity index (χ0) is 19.5. The van der Waals surface area contributed by atoms with E-state index in [4.69, 9.17) is 9.72 Å². The van der Waals surface area contributed by atoms with Crippen LogP contribution in [0.15, 0.2) is 60.8 Å².